The lowest BCUT2D eigenvalue weighted by molar-refractivity contribution is 0.0822. The number of nitrogens with one attached hydrogen (secondary N) is 1. The van der Waals surface area contributed by atoms with E-state index < -0.39 is 5.54 Å². The standard InChI is InChI=1S/C21H23N3O4/c1-15-22-20(24-28-15)21(12-6-3-7-13-21)23-19(25)18-11-10-17(27-18)14-26-16-8-4-2-5-9-16/h2,4-5,8-11H,3,6-7,12-14H2,1H3,(H,23,25). The highest BCUT2D eigenvalue weighted by atomic mass is 16.5. The van der Waals surface area contributed by atoms with Gasteiger partial charge in [0.25, 0.3) is 5.91 Å². The van der Waals surface area contributed by atoms with Gasteiger partial charge in [-0.2, -0.15) is 4.98 Å². The Balaban J connectivity index is 1.45. The molecule has 1 aliphatic carbocycles. The number of carbonyl (C=O) groups is 1. The number of hydrogen-bond donors (Lipinski definition) is 1. The molecule has 1 amide bonds. The van der Waals surface area contributed by atoms with Crippen molar-refractivity contribution in [1.82, 2.24) is 15.5 Å². The summed E-state index contributed by atoms with van der Waals surface area (Å²) in [5.74, 6) is 2.33. The van der Waals surface area contributed by atoms with Gasteiger partial charge in [-0.05, 0) is 37.1 Å². The van der Waals surface area contributed by atoms with Crippen LogP contribution < -0.4 is 10.1 Å². The highest BCUT2D eigenvalue weighted by molar-refractivity contribution is 5.92. The van der Waals surface area contributed by atoms with Crippen molar-refractivity contribution in [3.63, 3.8) is 0 Å². The Morgan fingerprint density at radius 3 is 2.64 bits per heavy atom. The predicted molar refractivity (Wildman–Crippen MR) is 101 cm³/mol. The van der Waals surface area contributed by atoms with Gasteiger partial charge in [0.1, 0.15) is 23.7 Å². The quantitative estimate of drug-likeness (QED) is 0.690. The highest BCUT2D eigenvalue weighted by Crippen LogP contribution is 2.36. The molecule has 146 valence electrons. The molecule has 0 atom stereocenters. The number of aromatic nitrogens is 2. The number of ether oxygens (including phenoxy) is 1. The van der Waals surface area contributed by atoms with Crippen molar-refractivity contribution in [2.75, 3.05) is 0 Å². The van der Waals surface area contributed by atoms with E-state index in [0.717, 1.165) is 37.9 Å². The summed E-state index contributed by atoms with van der Waals surface area (Å²) < 4.78 is 16.5. The smallest absolute Gasteiger partial charge is 0.287 e. The summed E-state index contributed by atoms with van der Waals surface area (Å²) in [4.78, 5) is 17.2. The third-order valence-electron chi connectivity index (χ3n) is 5.03. The average molecular weight is 381 g/mol. The summed E-state index contributed by atoms with van der Waals surface area (Å²) in [6.45, 7) is 2.01. The zero-order valence-electron chi connectivity index (χ0n) is 15.8. The first-order chi connectivity index (χ1) is 13.6. The number of para-hydroxylation sites is 1. The van der Waals surface area contributed by atoms with Crippen LogP contribution in [0.25, 0.3) is 0 Å². The lowest BCUT2D eigenvalue weighted by atomic mass is 9.81. The van der Waals surface area contributed by atoms with E-state index in [-0.39, 0.29) is 18.3 Å². The maximum absolute atomic E-state index is 12.9. The van der Waals surface area contributed by atoms with E-state index in [4.69, 9.17) is 13.7 Å². The van der Waals surface area contributed by atoms with Crippen LogP contribution in [-0.2, 0) is 12.1 Å². The molecule has 4 rings (SSSR count). The lowest BCUT2D eigenvalue weighted by Gasteiger charge is -2.34. The van der Waals surface area contributed by atoms with Crippen molar-refractivity contribution in [2.45, 2.75) is 51.2 Å². The van der Waals surface area contributed by atoms with E-state index in [2.05, 4.69) is 15.5 Å². The Labute approximate surface area is 163 Å². The molecule has 1 fully saturated rings. The fourth-order valence-electron chi connectivity index (χ4n) is 3.58. The molecule has 0 radical (unpaired) electrons. The number of benzene rings is 1. The largest absolute Gasteiger partial charge is 0.486 e. The minimum atomic E-state index is -0.611. The molecule has 0 spiro atoms. The van der Waals surface area contributed by atoms with Gasteiger partial charge >= 0.3 is 0 Å². The van der Waals surface area contributed by atoms with Gasteiger partial charge in [0, 0.05) is 6.92 Å². The van der Waals surface area contributed by atoms with Gasteiger partial charge in [0.15, 0.2) is 11.6 Å². The van der Waals surface area contributed by atoms with E-state index in [9.17, 15) is 4.79 Å². The summed E-state index contributed by atoms with van der Waals surface area (Å²) >= 11 is 0. The maximum atomic E-state index is 12.9. The Bertz CT molecular complexity index is 926. The normalized spacial score (nSPS) is 15.9. The average Bonchev–Trinajstić information content (AvgIpc) is 3.37. The number of carbonyl (C=O) groups excluding carboxylic acids is 1. The molecule has 1 aliphatic rings. The van der Waals surface area contributed by atoms with Crippen molar-refractivity contribution >= 4 is 5.91 Å². The second kappa shape index (κ2) is 7.88. The molecule has 1 N–H and O–H groups in total. The van der Waals surface area contributed by atoms with Crippen LogP contribution in [0.15, 0.2) is 51.4 Å². The van der Waals surface area contributed by atoms with Gasteiger partial charge in [-0.3, -0.25) is 4.79 Å². The second-order valence-corrected chi connectivity index (χ2v) is 7.10. The van der Waals surface area contributed by atoms with E-state index in [1.165, 1.54) is 0 Å². The number of furan rings is 1. The van der Waals surface area contributed by atoms with Crippen LogP contribution in [0.5, 0.6) is 5.75 Å². The van der Waals surface area contributed by atoms with Crippen LogP contribution >= 0.6 is 0 Å². The van der Waals surface area contributed by atoms with Crippen LogP contribution in [0.1, 0.15) is 60.1 Å². The van der Waals surface area contributed by atoms with Gasteiger partial charge in [0.05, 0.1) is 0 Å². The lowest BCUT2D eigenvalue weighted by Crippen LogP contribution is -2.48. The molecule has 2 aromatic heterocycles. The molecule has 7 heteroatoms. The molecule has 28 heavy (non-hydrogen) atoms. The van der Waals surface area contributed by atoms with E-state index in [1.807, 2.05) is 30.3 Å². The first-order valence-electron chi connectivity index (χ1n) is 9.54. The van der Waals surface area contributed by atoms with Gasteiger partial charge < -0.3 is 19.0 Å². The van der Waals surface area contributed by atoms with Crippen molar-refractivity contribution in [2.24, 2.45) is 0 Å². The van der Waals surface area contributed by atoms with Crippen molar-refractivity contribution in [3.05, 3.63) is 65.7 Å². The van der Waals surface area contributed by atoms with E-state index >= 15 is 0 Å². The van der Waals surface area contributed by atoms with Crippen molar-refractivity contribution in [1.29, 1.82) is 0 Å². The molecular weight excluding hydrogens is 358 g/mol. The van der Waals surface area contributed by atoms with Gasteiger partial charge in [-0.15, -0.1) is 0 Å². The number of nitrogens with zero attached hydrogens (tertiary/aromatic N) is 2. The summed E-state index contributed by atoms with van der Waals surface area (Å²) in [5, 5.41) is 7.18. The number of aryl methyl sites for hydroxylation is 1. The summed E-state index contributed by atoms with van der Waals surface area (Å²) in [6.07, 6.45) is 4.70. The van der Waals surface area contributed by atoms with Crippen LogP contribution in [0.2, 0.25) is 0 Å². The molecule has 1 aromatic carbocycles. The highest BCUT2D eigenvalue weighted by Gasteiger charge is 2.40. The van der Waals surface area contributed by atoms with Gasteiger partial charge in [0.2, 0.25) is 5.89 Å². The Hall–Kier alpha value is -3.09. The SMILES string of the molecule is Cc1nc(C2(NC(=O)c3ccc(COc4ccccc4)o3)CCCCC2)no1. The molecular formula is C21H23N3O4. The van der Waals surface area contributed by atoms with E-state index in [1.54, 1.807) is 19.1 Å². The van der Waals surface area contributed by atoms with Crippen molar-refractivity contribution in [3.8, 4) is 5.75 Å². The third-order valence-corrected chi connectivity index (χ3v) is 5.03. The molecule has 0 aliphatic heterocycles. The van der Waals surface area contributed by atoms with E-state index in [0.29, 0.717) is 17.5 Å². The molecule has 0 bridgehead atoms. The fourth-order valence-corrected chi connectivity index (χ4v) is 3.58. The third kappa shape index (κ3) is 3.93. The molecule has 7 nitrogen and oxygen atoms in total. The zero-order chi connectivity index (χ0) is 19.4. The molecule has 1 saturated carbocycles. The Morgan fingerprint density at radius 1 is 1.14 bits per heavy atom. The second-order valence-electron chi connectivity index (χ2n) is 7.10. The number of hydrogen-bond acceptors (Lipinski definition) is 6. The minimum absolute atomic E-state index is 0.247. The first-order valence-corrected chi connectivity index (χ1v) is 9.54. The van der Waals surface area contributed by atoms with Gasteiger partial charge in [-0.25, -0.2) is 0 Å². The monoisotopic (exact) mass is 381 g/mol. The molecule has 3 aromatic rings. The molecule has 0 unspecified atom stereocenters. The van der Waals surface area contributed by atoms with Crippen LogP contribution in [0, 0.1) is 6.92 Å². The topological polar surface area (TPSA) is 90.4 Å². The van der Waals surface area contributed by atoms with Crippen molar-refractivity contribution < 1.29 is 18.5 Å². The zero-order valence-corrected chi connectivity index (χ0v) is 15.8. The maximum Gasteiger partial charge on any atom is 0.287 e. The minimum Gasteiger partial charge on any atom is -0.486 e. The van der Waals surface area contributed by atoms with Crippen LogP contribution in [0.3, 0.4) is 0 Å². The van der Waals surface area contributed by atoms with Crippen LogP contribution in [0.4, 0.5) is 0 Å². The van der Waals surface area contributed by atoms with Gasteiger partial charge in [-0.1, -0.05) is 42.6 Å². The Morgan fingerprint density at radius 2 is 1.93 bits per heavy atom. The Kier molecular flexibility index (Phi) is 5.14. The fraction of sp³-hybridized carbons (Fsp3) is 0.381. The number of rotatable bonds is 6. The molecule has 0 saturated heterocycles. The van der Waals surface area contributed by atoms with Crippen LogP contribution in [-0.4, -0.2) is 16.0 Å². The predicted octanol–water partition coefficient (Wildman–Crippen LogP) is 4.14. The summed E-state index contributed by atoms with van der Waals surface area (Å²) in [6, 6.07) is 12.9. The number of amides is 1. The molecule has 2 heterocycles. The summed E-state index contributed by atoms with van der Waals surface area (Å²) in [5.41, 5.74) is -0.611. The first kappa shape index (κ1) is 18.3. The summed E-state index contributed by atoms with van der Waals surface area (Å²) in [7, 11) is 0.